The van der Waals surface area contributed by atoms with Gasteiger partial charge in [-0.05, 0) is 67.5 Å². The van der Waals surface area contributed by atoms with Crippen molar-refractivity contribution < 1.29 is 4.79 Å². The van der Waals surface area contributed by atoms with Crippen molar-refractivity contribution in [3.8, 4) is 0 Å². The second kappa shape index (κ2) is 6.38. The third-order valence-electron chi connectivity index (χ3n) is 5.86. The van der Waals surface area contributed by atoms with E-state index < -0.39 is 0 Å². The van der Waals surface area contributed by atoms with Crippen LogP contribution in [0.15, 0.2) is 48.8 Å². The van der Waals surface area contributed by atoms with E-state index in [9.17, 15) is 4.79 Å². The van der Waals surface area contributed by atoms with Crippen LogP contribution in [0.4, 0.5) is 5.69 Å². The molecule has 1 amide bonds. The Morgan fingerprint density at radius 3 is 2.67 bits per heavy atom. The lowest BCUT2D eigenvalue weighted by molar-refractivity contribution is 0.0985. The second-order valence-corrected chi connectivity index (χ2v) is 7.55. The molecular weight excluding hydrogens is 334 g/mol. The molecule has 136 valence electrons. The van der Waals surface area contributed by atoms with Crippen molar-refractivity contribution >= 4 is 28.2 Å². The number of anilines is 1. The largest absolute Gasteiger partial charge is 0.334 e. The fourth-order valence-corrected chi connectivity index (χ4v) is 4.41. The Morgan fingerprint density at radius 1 is 1.04 bits per heavy atom. The quantitative estimate of drug-likeness (QED) is 0.665. The van der Waals surface area contributed by atoms with Crippen molar-refractivity contribution in [3.05, 3.63) is 65.5 Å². The molecule has 1 aliphatic carbocycles. The Bertz CT molecular complexity index is 1060. The van der Waals surface area contributed by atoms with Crippen molar-refractivity contribution in [2.45, 2.75) is 32.1 Å². The van der Waals surface area contributed by atoms with Crippen LogP contribution in [0.5, 0.6) is 0 Å². The maximum Gasteiger partial charge on any atom is 0.258 e. The molecule has 0 unspecified atom stereocenters. The zero-order valence-corrected chi connectivity index (χ0v) is 15.6. The van der Waals surface area contributed by atoms with Gasteiger partial charge in [0, 0.05) is 30.4 Å². The number of hydrogen-bond donors (Lipinski definition) is 0. The predicted molar refractivity (Wildman–Crippen MR) is 109 cm³/mol. The number of imidazole rings is 1. The van der Waals surface area contributed by atoms with Gasteiger partial charge in [-0.15, -0.1) is 0 Å². The van der Waals surface area contributed by atoms with Crippen LogP contribution in [0.2, 0.25) is 0 Å². The van der Waals surface area contributed by atoms with Crippen molar-refractivity contribution in [1.82, 2.24) is 9.55 Å². The first-order valence-electron chi connectivity index (χ1n) is 9.76. The Balaban J connectivity index is 1.48. The van der Waals surface area contributed by atoms with Gasteiger partial charge in [-0.1, -0.05) is 18.2 Å². The molecule has 2 aromatic carbocycles. The summed E-state index contributed by atoms with van der Waals surface area (Å²) in [5.74, 6) is 0.0817. The summed E-state index contributed by atoms with van der Waals surface area (Å²) in [5, 5.41) is 0. The molecule has 2 heterocycles. The van der Waals surface area contributed by atoms with Gasteiger partial charge in [-0.25, -0.2) is 4.98 Å². The Kier molecular flexibility index (Phi) is 3.85. The number of aryl methyl sites for hydroxylation is 2. The summed E-state index contributed by atoms with van der Waals surface area (Å²) < 4.78 is 2.03. The van der Waals surface area contributed by atoms with E-state index >= 15 is 0 Å². The molecule has 1 aromatic heterocycles. The maximum atomic E-state index is 13.2. The van der Waals surface area contributed by atoms with Crippen LogP contribution >= 0.6 is 0 Å². The van der Waals surface area contributed by atoms with E-state index in [4.69, 9.17) is 0 Å². The van der Waals surface area contributed by atoms with Gasteiger partial charge in [-0.3, -0.25) is 4.79 Å². The highest BCUT2D eigenvalue weighted by Gasteiger charge is 2.26. The van der Waals surface area contributed by atoms with Crippen LogP contribution in [0.25, 0.3) is 16.6 Å². The second-order valence-electron chi connectivity index (χ2n) is 7.55. The van der Waals surface area contributed by atoms with E-state index in [0.29, 0.717) is 0 Å². The SMILES string of the molecule is Cn1cnc2c3c(ccc21)N(C(=O)c1ccc(C2=CCCC2)cc1)CCC3. The first-order valence-corrected chi connectivity index (χ1v) is 9.76. The Labute approximate surface area is 159 Å². The van der Waals surface area contributed by atoms with E-state index in [1.165, 1.54) is 29.5 Å². The van der Waals surface area contributed by atoms with Crippen molar-refractivity contribution in [1.29, 1.82) is 0 Å². The zero-order chi connectivity index (χ0) is 18.4. The van der Waals surface area contributed by atoms with Crippen LogP contribution in [0.3, 0.4) is 0 Å². The highest BCUT2D eigenvalue weighted by Crippen LogP contribution is 2.34. The summed E-state index contributed by atoms with van der Waals surface area (Å²) in [4.78, 5) is 19.7. The van der Waals surface area contributed by atoms with E-state index in [1.807, 2.05) is 35.0 Å². The molecule has 0 saturated carbocycles. The molecule has 0 fully saturated rings. The molecule has 0 N–H and O–H groups in total. The predicted octanol–water partition coefficient (Wildman–Crippen LogP) is 4.73. The number of benzene rings is 2. The number of nitrogens with zero attached hydrogens (tertiary/aromatic N) is 3. The minimum Gasteiger partial charge on any atom is -0.334 e. The first kappa shape index (κ1) is 16.3. The molecule has 4 heteroatoms. The van der Waals surface area contributed by atoms with Gasteiger partial charge in [-0.2, -0.15) is 0 Å². The lowest BCUT2D eigenvalue weighted by atomic mass is 9.98. The molecular formula is C23H23N3O. The lowest BCUT2D eigenvalue weighted by Gasteiger charge is -2.30. The smallest absolute Gasteiger partial charge is 0.258 e. The average molecular weight is 357 g/mol. The van der Waals surface area contributed by atoms with E-state index in [-0.39, 0.29) is 5.91 Å². The highest BCUT2D eigenvalue weighted by atomic mass is 16.2. The minimum absolute atomic E-state index is 0.0817. The van der Waals surface area contributed by atoms with Crippen LogP contribution in [-0.2, 0) is 13.5 Å². The molecule has 0 atom stereocenters. The molecule has 5 rings (SSSR count). The van der Waals surface area contributed by atoms with E-state index in [2.05, 4.69) is 35.3 Å². The lowest BCUT2D eigenvalue weighted by Crippen LogP contribution is -2.35. The van der Waals surface area contributed by atoms with Gasteiger partial charge in [0.05, 0.1) is 17.4 Å². The van der Waals surface area contributed by atoms with Crippen molar-refractivity contribution in [2.75, 3.05) is 11.4 Å². The van der Waals surface area contributed by atoms with Crippen LogP contribution in [-0.4, -0.2) is 22.0 Å². The molecule has 0 spiro atoms. The number of rotatable bonds is 2. The molecule has 0 radical (unpaired) electrons. The number of fused-ring (bicyclic) bond motifs is 3. The first-order chi connectivity index (χ1) is 13.2. The normalized spacial score (nSPS) is 16.5. The number of carbonyl (C=O) groups excluding carboxylic acids is 1. The maximum absolute atomic E-state index is 13.2. The van der Waals surface area contributed by atoms with Gasteiger partial charge >= 0.3 is 0 Å². The number of hydrogen-bond acceptors (Lipinski definition) is 2. The third-order valence-corrected chi connectivity index (χ3v) is 5.86. The van der Waals surface area contributed by atoms with Gasteiger partial charge in [0.1, 0.15) is 0 Å². The van der Waals surface area contributed by atoms with Crippen LogP contribution in [0.1, 0.15) is 47.2 Å². The number of aromatic nitrogens is 2. The minimum atomic E-state index is 0.0817. The third kappa shape index (κ3) is 2.67. The van der Waals surface area contributed by atoms with Crippen molar-refractivity contribution in [2.24, 2.45) is 7.05 Å². The topological polar surface area (TPSA) is 38.1 Å². The zero-order valence-electron chi connectivity index (χ0n) is 15.6. The standard InChI is InChI=1S/C23H23N3O/c1-25-15-24-22-19-7-4-14-26(20(19)12-13-21(22)25)23(27)18-10-8-17(9-11-18)16-5-2-3-6-16/h5,8-13,15H,2-4,6-7,14H2,1H3. The summed E-state index contributed by atoms with van der Waals surface area (Å²) in [6.45, 7) is 0.761. The summed E-state index contributed by atoms with van der Waals surface area (Å²) in [6.07, 6.45) is 9.66. The highest BCUT2D eigenvalue weighted by molar-refractivity contribution is 6.08. The fourth-order valence-electron chi connectivity index (χ4n) is 4.41. The number of amides is 1. The number of carbonyl (C=O) groups is 1. The van der Waals surface area contributed by atoms with Gasteiger partial charge in [0.2, 0.25) is 0 Å². The Hall–Kier alpha value is -2.88. The molecule has 0 saturated heterocycles. The van der Waals surface area contributed by atoms with Crippen LogP contribution in [0, 0.1) is 0 Å². The summed E-state index contributed by atoms with van der Waals surface area (Å²) >= 11 is 0. The van der Waals surface area contributed by atoms with Gasteiger partial charge in [0.25, 0.3) is 5.91 Å². The molecule has 4 nitrogen and oxygen atoms in total. The monoisotopic (exact) mass is 357 g/mol. The molecule has 3 aromatic rings. The van der Waals surface area contributed by atoms with Crippen LogP contribution < -0.4 is 4.90 Å². The summed E-state index contributed by atoms with van der Waals surface area (Å²) in [6, 6.07) is 12.3. The number of allylic oxidation sites excluding steroid dienone is 2. The molecule has 27 heavy (non-hydrogen) atoms. The summed E-state index contributed by atoms with van der Waals surface area (Å²) in [5.41, 5.74) is 7.77. The van der Waals surface area contributed by atoms with E-state index in [0.717, 1.165) is 48.1 Å². The van der Waals surface area contributed by atoms with Crippen molar-refractivity contribution in [3.63, 3.8) is 0 Å². The fraction of sp³-hybridized carbons (Fsp3) is 0.304. The summed E-state index contributed by atoms with van der Waals surface area (Å²) in [7, 11) is 2.01. The molecule has 0 bridgehead atoms. The molecule has 2 aliphatic rings. The Morgan fingerprint density at radius 2 is 1.89 bits per heavy atom. The molecule has 1 aliphatic heterocycles. The van der Waals surface area contributed by atoms with E-state index in [1.54, 1.807) is 0 Å². The van der Waals surface area contributed by atoms with Gasteiger partial charge < -0.3 is 9.47 Å². The van der Waals surface area contributed by atoms with Gasteiger partial charge in [0.15, 0.2) is 0 Å². The average Bonchev–Trinajstić information content (AvgIpc) is 3.37.